The van der Waals surface area contributed by atoms with Crippen molar-refractivity contribution >= 4 is 5.69 Å². The van der Waals surface area contributed by atoms with Crippen molar-refractivity contribution in [1.29, 1.82) is 0 Å². The van der Waals surface area contributed by atoms with Crippen LogP contribution >= 0.6 is 0 Å². The van der Waals surface area contributed by atoms with Gasteiger partial charge in [-0.2, -0.15) is 0 Å². The van der Waals surface area contributed by atoms with E-state index in [1.807, 2.05) is 12.1 Å². The maximum absolute atomic E-state index is 6.41. The average Bonchev–Trinajstić information content (AvgIpc) is 2.81. The summed E-state index contributed by atoms with van der Waals surface area (Å²) in [5.41, 5.74) is 4.85. The molecule has 0 radical (unpaired) electrons. The van der Waals surface area contributed by atoms with E-state index in [0.29, 0.717) is 0 Å². The average molecular weight is 395 g/mol. The van der Waals surface area contributed by atoms with E-state index in [1.165, 1.54) is 16.7 Å². The Bertz CT molecular complexity index is 961. The number of nitrogens with zero attached hydrogens (tertiary/aromatic N) is 1. The molecule has 0 bridgehead atoms. The molecule has 0 saturated heterocycles. The van der Waals surface area contributed by atoms with Crippen LogP contribution in [0.1, 0.15) is 16.7 Å². The molecule has 0 unspecified atom stereocenters. The fourth-order valence-electron chi connectivity index (χ4n) is 3.46. The Labute approximate surface area is 178 Å². The highest BCUT2D eigenvalue weighted by atomic mass is 16.5. The van der Waals surface area contributed by atoms with Gasteiger partial charge in [0, 0.05) is 37.5 Å². The molecule has 3 aromatic carbocycles. The molecular formula is C27H26N2O. The molecule has 0 amide bonds. The first-order valence-electron chi connectivity index (χ1n) is 10.3. The van der Waals surface area contributed by atoms with Gasteiger partial charge in [-0.3, -0.25) is 4.98 Å². The van der Waals surface area contributed by atoms with Gasteiger partial charge in [0.2, 0.25) is 0 Å². The van der Waals surface area contributed by atoms with Crippen molar-refractivity contribution in [2.24, 2.45) is 0 Å². The molecule has 1 N–H and O–H groups in total. The highest BCUT2D eigenvalue weighted by Gasteiger charge is 2.13. The molecule has 4 rings (SSSR count). The molecule has 150 valence electrons. The van der Waals surface area contributed by atoms with Crippen LogP contribution < -0.4 is 10.1 Å². The van der Waals surface area contributed by atoms with Crippen LogP contribution in [0.5, 0.6) is 5.75 Å². The Morgan fingerprint density at radius 2 is 1.20 bits per heavy atom. The van der Waals surface area contributed by atoms with Gasteiger partial charge in [0.05, 0.1) is 0 Å². The fraction of sp³-hybridized carbons (Fsp3) is 0.148. The molecule has 0 saturated carbocycles. The zero-order chi connectivity index (χ0) is 20.4. The summed E-state index contributed by atoms with van der Waals surface area (Å²) in [5, 5.41) is 3.41. The van der Waals surface area contributed by atoms with Crippen LogP contribution in [0.2, 0.25) is 0 Å². The van der Waals surface area contributed by atoms with Gasteiger partial charge in [-0.25, -0.2) is 0 Å². The van der Waals surface area contributed by atoms with E-state index in [0.717, 1.165) is 30.8 Å². The summed E-state index contributed by atoms with van der Waals surface area (Å²) in [4.78, 5) is 4.04. The summed E-state index contributed by atoms with van der Waals surface area (Å²) >= 11 is 0. The van der Waals surface area contributed by atoms with E-state index >= 15 is 0 Å². The van der Waals surface area contributed by atoms with E-state index < -0.39 is 0 Å². The third-order valence-corrected chi connectivity index (χ3v) is 5.02. The zero-order valence-corrected chi connectivity index (χ0v) is 16.9. The molecule has 4 aromatic rings. The molecule has 0 aliphatic rings. The Morgan fingerprint density at radius 1 is 0.633 bits per heavy atom. The second kappa shape index (κ2) is 10.3. The Balaban J connectivity index is 1.41. The molecular weight excluding hydrogens is 368 g/mol. The van der Waals surface area contributed by atoms with Gasteiger partial charge in [0.15, 0.2) is 0 Å². The second-order valence-electron chi connectivity index (χ2n) is 7.35. The third-order valence-electron chi connectivity index (χ3n) is 5.02. The largest absolute Gasteiger partial charge is 0.490 e. The lowest BCUT2D eigenvalue weighted by molar-refractivity contribution is 0.202. The van der Waals surface area contributed by atoms with Crippen molar-refractivity contribution in [2.75, 3.05) is 5.32 Å². The minimum atomic E-state index is 0.0793. The Morgan fingerprint density at radius 3 is 1.77 bits per heavy atom. The van der Waals surface area contributed by atoms with Crippen LogP contribution in [-0.2, 0) is 19.4 Å². The first-order chi connectivity index (χ1) is 14.8. The molecule has 0 aliphatic heterocycles. The van der Waals surface area contributed by atoms with E-state index in [4.69, 9.17) is 4.74 Å². The molecule has 0 fully saturated rings. The predicted molar refractivity (Wildman–Crippen MR) is 123 cm³/mol. The summed E-state index contributed by atoms with van der Waals surface area (Å²) in [6, 6.07) is 33.4. The third kappa shape index (κ3) is 5.95. The summed E-state index contributed by atoms with van der Waals surface area (Å²) in [5.74, 6) is 0.902. The lowest BCUT2D eigenvalue weighted by Gasteiger charge is -2.20. The van der Waals surface area contributed by atoms with E-state index in [2.05, 4.69) is 95.2 Å². The van der Waals surface area contributed by atoms with Crippen LogP contribution in [0.25, 0.3) is 0 Å². The number of hydrogen-bond acceptors (Lipinski definition) is 3. The van der Waals surface area contributed by atoms with E-state index in [-0.39, 0.29) is 6.10 Å². The molecule has 1 heterocycles. The lowest BCUT2D eigenvalue weighted by Crippen LogP contribution is -2.22. The minimum Gasteiger partial charge on any atom is -0.490 e. The predicted octanol–water partition coefficient (Wildman–Crippen LogP) is 5.93. The molecule has 3 nitrogen and oxygen atoms in total. The van der Waals surface area contributed by atoms with Crippen LogP contribution in [0.4, 0.5) is 5.69 Å². The van der Waals surface area contributed by atoms with Crippen molar-refractivity contribution in [2.45, 2.75) is 25.5 Å². The maximum atomic E-state index is 6.41. The van der Waals surface area contributed by atoms with Crippen molar-refractivity contribution < 1.29 is 4.74 Å². The van der Waals surface area contributed by atoms with E-state index in [9.17, 15) is 0 Å². The summed E-state index contributed by atoms with van der Waals surface area (Å²) in [6.07, 6.45) is 5.41. The monoisotopic (exact) mass is 394 g/mol. The van der Waals surface area contributed by atoms with Gasteiger partial charge < -0.3 is 10.1 Å². The highest BCUT2D eigenvalue weighted by molar-refractivity contribution is 5.42. The minimum absolute atomic E-state index is 0.0793. The first kappa shape index (κ1) is 19.7. The lowest BCUT2D eigenvalue weighted by atomic mass is 10.0. The summed E-state index contributed by atoms with van der Waals surface area (Å²) in [7, 11) is 0. The quantitative estimate of drug-likeness (QED) is 0.382. The van der Waals surface area contributed by atoms with Crippen LogP contribution in [-0.4, -0.2) is 11.1 Å². The fourth-order valence-corrected chi connectivity index (χ4v) is 3.46. The first-order valence-corrected chi connectivity index (χ1v) is 10.3. The van der Waals surface area contributed by atoms with Crippen LogP contribution in [0, 0.1) is 0 Å². The SMILES string of the molecule is c1ccc(CC(Cc2ccccc2)Oc2ccc(CNc3ccncc3)cc2)cc1. The Kier molecular flexibility index (Phi) is 6.74. The molecule has 0 atom stereocenters. The van der Waals surface area contributed by atoms with Gasteiger partial charge in [-0.05, 0) is 41.0 Å². The van der Waals surface area contributed by atoms with Gasteiger partial charge in [-0.1, -0.05) is 72.8 Å². The van der Waals surface area contributed by atoms with Crippen LogP contribution in [0.15, 0.2) is 109 Å². The molecule has 0 aliphatic carbocycles. The number of ether oxygens (including phenoxy) is 1. The van der Waals surface area contributed by atoms with E-state index in [1.54, 1.807) is 12.4 Å². The maximum Gasteiger partial charge on any atom is 0.119 e. The number of aromatic nitrogens is 1. The number of pyridine rings is 1. The molecule has 30 heavy (non-hydrogen) atoms. The summed E-state index contributed by atoms with van der Waals surface area (Å²) < 4.78 is 6.41. The molecule has 0 spiro atoms. The standard InChI is InChI=1S/C27H26N2O/c1-3-7-22(8-4-1)19-27(20-23-9-5-2-6-10-23)30-26-13-11-24(12-14-26)21-29-25-15-17-28-18-16-25/h1-18,27H,19-21H2,(H,28,29). The van der Waals surface area contributed by atoms with Gasteiger partial charge in [-0.15, -0.1) is 0 Å². The highest BCUT2D eigenvalue weighted by Crippen LogP contribution is 2.19. The topological polar surface area (TPSA) is 34.1 Å². The molecule has 1 aromatic heterocycles. The van der Waals surface area contributed by atoms with Crippen molar-refractivity contribution in [3.63, 3.8) is 0 Å². The van der Waals surface area contributed by atoms with Crippen molar-refractivity contribution in [3.8, 4) is 5.75 Å². The second-order valence-corrected chi connectivity index (χ2v) is 7.35. The van der Waals surface area contributed by atoms with Gasteiger partial charge in [0.1, 0.15) is 11.9 Å². The van der Waals surface area contributed by atoms with Gasteiger partial charge in [0.25, 0.3) is 0 Å². The molecule has 3 heteroatoms. The number of benzene rings is 3. The number of nitrogens with one attached hydrogen (secondary N) is 1. The normalized spacial score (nSPS) is 10.7. The van der Waals surface area contributed by atoms with Crippen LogP contribution in [0.3, 0.4) is 0 Å². The summed E-state index contributed by atoms with van der Waals surface area (Å²) in [6.45, 7) is 0.766. The number of rotatable bonds is 9. The number of hydrogen-bond donors (Lipinski definition) is 1. The number of anilines is 1. The van der Waals surface area contributed by atoms with Crippen molar-refractivity contribution in [1.82, 2.24) is 4.98 Å². The Hall–Kier alpha value is -3.59. The zero-order valence-electron chi connectivity index (χ0n) is 16.9. The van der Waals surface area contributed by atoms with Gasteiger partial charge >= 0.3 is 0 Å². The smallest absolute Gasteiger partial charge is 0.119 e. The van der Waals surface area contributed by atoms with Crippen molar-refractivity contribution in [3.05, 3.63) is 126 Å².